The summed E-state index contributed by atoms with van der Waals surface area (Å²) in [6.45, 7) is 7.71. The maximum absolute atomic E-state index is 12.5. The molecule has 1 aromatic heterocycles. The number of carbonyl (C=O) groups excluding carboxylic acids is 1. The normalized spacial score (nSPS) is 25.8. The summed E-state index contributed by atoms with van der Waals surface area (Å²) in [4.78, 5) is 14.5. The molecule has 3 heterocycles. The third-order valence-corrected chi connectivity index (χ3v) is 4.48. The van der Waals surface area contributed by atoms with E-state index in [0.29, 0.717) is 17.6 Å². The maximum Gasteiger partial charge on any atom is 0.289 e. The standard InChI is InChI=1S/C17H22N2O2/c1-3-5-12(4-2)13-6-16(21-11-13)17(20)19-9-14-7-18-8-15(14)10-19/h3-6,11,14-15,18H,7-10H2,1-2H3/b5-3-,12-4+. The average Bonchev–Trinajstić information content (AvgIpc) is 3.18. The summed E-state index contributed by atoms with van der Waals surface area (Å²) in [6.07, 6.45) is 7.69. The number of amides is 1. The molecule has 1 amide bonds. The maximum atomic E-state index is 12.5. The van der Waals surface area contributed by atoms with E-state index in [9.17, 15) is 4.79 Å². The number of nitrogens with zero attached hydrogens (tertiary/aromatic N) is 1. The van der Waals surface area contributed by atoms with Crippen molar-refractivity contribution in [1.29, 1.82) is 0 Å². The second-order valence-electron chi connectivity index (χ2n) is 5.83. The zero-order valence-electron chi connectivity index (χ0n) is 12.6. The molecule has 2 unspecified atom stereocenters. The van der Waals surface area contributed by atoms with Crippen molar-refractivity contribution >= 4 is 11.5 Å². The third-order valence-electron chi connectivity index (χ3n) is 4.48. The fourth-order valence-electron chi connectivity index (χ4n) is 3.32. The molecule has 0 spiro atoms. The van der Waals surface area contributed by atoms with Gasteiger partial charge >= 0.3 is 0 Å². The largest absolute Gasteiger partial charge is 0.459 e. The highest BCUT2D eigenvalue weighted by Crippen LogP contribution is 2.28. The van der Waals surface area contributed by atoms with Crippen molar-refractivity contribution in [2.45, 2.75) is 13.8 Å². The van der Waals surface area contributed by atoms with Crippen molar-refractivity contribution in [3.8, 4) is 0 Å². The van der Waals surface area contributed by atoms with Crippen LogP contribution in [0.1, 0.15) is 30.0 Å². The first-order valence-electron chi connectivity index (χ1n) is 7.60. The summed E-state index contributed by atoms with van der Waals surface area (Å²) in [7, 11) is 0. The minimum atomic E-state index is 0.0200. The summed E-state index contributed by atoms with van der Waals surface area (Å²) in [5.74, 6) is 1.68. The van der Waals surface area contributed by atoms with Crippen LogP contribution >= 0.6 is 0 Å². The van der Waals surface area contributed by atoms with Gasteiger partial charge in [-0.25, -0.2) is 0 Å². The molecule has 2 saturated heterocycles. The Balaban J connectivity index is 1.73. The molecule has 0 radical (unpaired) electrons. The topological polar surface area (TPSA) is 45.5 Å². The second-order valence-corrected chi connectivity index (χ2v) is 5.83. The van der Waals surface area contributed by atoms with E-state index in [4.69, 9.17) is 4.42 Å². The molecule has 112 valence electrons. The molecule has 0 aliphatic carbocycles. The Morgan fingerprint density at radius 2 is 2.05 bits per heavy atom. The molecule has 0 bridgehead atoms. The van der Waals surface area contributed by atoms with Crippen molar-refractivity contribution in [3.63, 3.8) is 0 Å². The van der Waals surface area contributed by atoms with Crippen LogP contribution in [0.3, 0.4) is 0 Å². The molecule has 21 heavy (non-hydrogen) atoms. The highest BCUT2D eigenvalue weighted by Gasteiger charge is 2.38. The van der Waals surface area contributed by atoms with Gasteiger partial charge in [-0.2, -0.15) is 0 Å². The van der Waals surface area contributed by atoms with E-state index in [1.807, 2.05) is 43.0 Å². The molecule has 4 nitrogen and oxygen atoms in total. The van der Waals surface area contributed by atoms with E-state index >= 15 is 0 Å². The highest BCUT2D eigenvalue weighted by molar-refractivity contribution is 5.93. The van der Waals surface area contributed by atoms with Gasteiger partial charge in [-0.05, 0) is 37.3 Å². The van der Waals surface area contributed by atoms with Gasteiger partial charge in [-0.15, -0.1) is 0 Å². The van der Waals surface area contributed by atoms with Crippen LogP contribution in [0, 0.1) is 11.8 Å². The van der Waals surface area contributed by atoms with Gasteiger partial charge in [-0.1, -0.05) is 18.2 Å². The number of carbonyl (C=O) groups is 1. The van der Waals surface area contributed by atoms with Crippen LogP contribution in [0.4, 0.5) is 0 Å². The lowest BCUT2D eigenvalue weighted by atomic mass is 10.0. The molecule has 2 aliphatic heterocycles. The van der Waals surface area contributed by atoms with Gasteiger partial charge < -0.3 is 14.6 Å². The molecule has 4 heteroatoms. The fraction of sp³-hybridized carbons (Fsp3) is 0.471. The molecule has 0 saturated carbocycles. The van der Waals surface area contributed by atoms with Gasteiger partial charge in [0.15, 0.2) is 5.76 Å². The monoisotopic (exact) mass is 286 g/mol. The molecule has 2 aliphatic rings. The Hall–Kier alpha value is -1.81. The summed E-state index contributed by atoms with van der Waals surface area (Å²) >= 11 is 0. The molecule has 1 aromatic rings. The van der Waals surface area contributed by atoms with E-state index in [-0.39, 0.29) is 5.91 Å². The van der Waals surface area contributed by atoms with Gasteiger partial charge in [0, 0.05) is 31.7 Å². The minimum absolute atomic E-state index is 0.0200. The average molecular weight is 286 g/mol. The number of hydrogen-bond acceptors (Lipinski definition) is 3. The molecular formula is C17H22N2O2. The first-order chi connectivity index (χ1) is 10.2. The number of allylic oxidation sites excluding steroid dienone is 4. The van der Waals surface area contributed by atoms with E-state index < -0.39 is 0 Å². The molecule has 2 atom stereocenters. The van der Waals surface area contributed by atoms with Crippen molar-refractivity contribution in [2.75, 3.05) is 26.2 Å². The number of fused-ring (bicyclic) bond motifs is 1. The van der Waals surface area contributed by atoms with Crippen LogP contribution in [0.2, 0.25) is 0 Å². The first kappa shape index (κ1) is 14.1. The molecule has 0 aromatic carbocycles. The van der Waals surface area contributed by atoms with E-state index in [2.05, 4.69) is 5.32 Å². The smallest absolute Gasteiger partial charge is 0.289 e. The van der Waals surface area contributed by atoms with Crippen LogP contribution < -0.4 is 5.32 Å². The zero-order valence-corrected chi connectivity index (χ0v) is 12.6. The summed E-state index contributed by atoms with van der Waals surface area (Å²) in [5, 5.41) is 3.39. The predicted octanol–water partition coefficient (Wildman–Crippen LogP) is 2.55. The lowest BCUT2D eigenvalue weighted by Crippen LogP contribution is -2.31. The Morgan fingerprint density at radius 1 is 1.33 bits per heavy atom. The SMILES string of the molecule is C/C=C\C(=C/C)c1coc(C(=O)N2CC3CNCC3C2)c1. The molecule has 3 rings (SSSR count). The Labute approximate surface area is 125 Å². The van der Waals surface area contributed by atoms with Gasteiger partial charge in [0.2, 0.25) is 0 Å². The minimum Gasteiger partial charge on any atom is -0.459 e. The first-order valence-corrected chi connectivity index (χ1v) is 7.60. The Kier molecular flexibility index (Phi) is 3.97. The number of furan rings is 1. The van der Waals surface area contributed by atoms with Gasteiger partial charge in [-0.3, -0.25) is 4.79 Å². The Morgan fingerprint density at radius 3 is 2.67 bits per heavy atom. The quantitative estimate of drug-likeness (QED) is 0.869. The number of rotatable bonds is 3. The number of nitrogens with one attached hydrogen (secondary N) is 1. The van der Waals surface area contributed by atoms with Crippen LogP contribution in [-0.4, -0.2) is 37.0 Å². The number of hydrogen-bond donors (Lipinski definition) is 1. The van der Waals surface area contributed by atoms with Crippen LogP contribution in [-0.2, 0) is 0 Å². The fourth-order valence-corrected chi connectivity index (χ4v) is 3.32. The third kappa shape index (κ3) is 2.68. The van der Waals surface area contributed by atoms with Crippen LogP contribution in [0.5, 0.6) is 0 Å². The van der Waals surface area contributed by atoms with Crippen LogP contribution in [0.15, 0.2) is 35.0 Å². The lowest BCUT2D eigenvalue weighted by molar-refractivity contribution is 0.0750. The van der Waals surface area contributed by atoms with Gasteiger partial charge in [0.25, 0.3) is 5.91 Å². The van der Waals surface area contributed by atoms with Crippen molar-refractivity contribution in [2.24, 2.45) is 11.8 Å². The van der Waals surface area contributed by atoms with Crippen molar-refractivity contribution < 1.29 is 9.21 Å². The number of likely N-dealkylation sites (tertiary alicyclic amines) is 1. The van der Waals surface area contributed by atoms with Crippen molar-refractivity contribution in [3.05, 3.63) is 41.9 Å². The van der Waals surface area contributed by atoms with Gasteiger partial charge in [0.05, 0.1) is 6.26 Å². The molecule has 2 fully saturated rings. The molecular weight excluding hydrogens is 264 g/mol. The summed E-state index contributed by atoms with van der Waals surface area (Å²) in [5.41, 5.74) is 2.03. The van der Waals surface area contributed by atoms with E-state index in [1.165, 1.54) is 0 Å². The second kappa shape index (κ2) is 5.90. The Bertz CT molecular complexity index is 573. The summed E-state index contributed by atoms with van der Waals surface area (Å²) in [6, 6.07) is 1.85. The van der Waals surface area contributed by atoms with Crippen LogP contribution in [0.25, 0.3) is 5.57 Å². The van der Waals surface area contributed by atoms with E-state index in [0.717, 1.165) is 37.3 Å². The molecule has 1 N–H and O–H groups in total. The van der Waals surface area contributed by atoms with Gasteiger partial charge in [0.1, 0.15) is 0 Å². The highest BCUT2D eigenvalue weighted by atomic mass is 16.3. The lowest BCUT2D eigenvalue weighted by Gasteiger charge is -2.15. The zero-order chi connectivity index (χ0) is 14.8. The predicted molar refractivity (Wildman–Crippen MR) is 82.9 cm³/mol. The van der Waals surface area contributed by atoms with E-state index in [1.54, 1.807) is 6.26 Å². The van der Waals surface area contributed by atoms with Crippen molar-refractivity contribution in [1.82, 2.24) is 10.2 Å². The summed E-state index contributed by atoms with van der Waals surface area (Å²) < 4.78 is 5.51.